The van der Waals surface area contributed by atoms with Crippen LogP contribution in [-0.2, 0) is 0 Å². The van der Waals surface area contributed by atoms with Crippen molar-refractivity contribution in [2.75, 3.05) is 19.8 Å². The second kappa shape index (κ2) is 9.68. The summed E-state index contributed by atoms with van der Waals surface area (Å²) in [6, 6.07) is 8.45. The lowest BCUT2D eigenvalue weighted by atomic mass is 10.2. The Kier molecular flexibility index (Phi) is 8.07. The van der Waals surface area contributed by atoms with Crippen LogP contribution in [0, 0.1) is 0 Å². The average Bonchev–Trinajstić information content (AvgIpc) is 2.42. The zero-order chi connectivity index (χ0) is 13.9. The number of nitrogens with one attached hydrogen (secondary N) is 1. The van der Waals surface area contributed by atoms with E-state index in [1.807, 2.05) is 24.3 Å². The van der Waals surface area contributed by atoms with Crippen LogP contribution >= 0.6 is 0 Å². The van der Waals surface area contributed by atoms with E-state index in [0.29, 0.717) is 6.04 Å². The maximum atomic E-state index is 5.81. The fourth-order valence-corrected chi connectivity index (χ4v) is 1.92. The minimum Gasteiger partial charge on any atom is -0.490 e. The van der Waals surface area contributed by atoms with Gasteiger partial charge in [0.25, 0.3) is 0 Å². The molecule has 0 aromatic heterocycles. The van der Waals surface area contributed by atoms with Crippen LogP contribution in [0.4, 0.5) is 0 Å². The first-order valence-electron chi connectivity index (χ1n) is 7.35. The summed E-state index contributed by atoms with van der Waals surface area (Å²) >= 11 is 0. The number of ether oxygens (including phenoxy) is 2. The standard InChI is InChI=1S/C16H27NO2/c1-4-12-18-15-10-6-7-11-16(15)19-13-8-9-14(3)17-5-2/h6-7,10-11,14,17H,4-5,8-9,12-13H2,1-3H3. The second-order valence-electron chi connectivity index (χ2n) is 4.74. The third-order valence-electron chi connectivity index (χ3n) is 2.90. The highest BCUT2D eigenvalue weighted by Gasteiger charge is 2.04. The van der Waals surface area contributed by atoms with E-state index in [2.05, 4.69) is 26.1 Å². The molecular weight excluding hydrogens is 238 g/mol. The molecule has 0 heterocycles. The summed E-state index contributed by atoms with van der Waals surface area (Å²) in [6.07, 6.45) is 3.19. The number of hydrogen-bond acceptors (Lipinski definition) is 3. The summed E-state index contributed by atoms with van der Waals surface area (Å²) in [7, 11) is 0. The molecule has 0 amide bonds. The van der Waals surface area contributed by atoms with E-state index < -0.39 is 0 Å². The largest absolute Gasteiger partial charge is 0.490 e. The van der Waals surface area contributed by atoms with Crippen LogP contribution in [0.2, 0.25) is 0 Å². The van der Waals surface area contributed by atoms with Crippen molar-refractivity contribution in [3.05, 3.63) is 24.3 Å². The van der Waals surface area contributed by atoms with Crippen LogP contribution < -0.4 is 14.8 Å². The van der Waals surface area contributed by atoms with Crippen molar-refractivity contribution in [2.45, 2.75) is 46.1 Å². The van der Waals surface area contributed by atoms with Crippen LogP contribution in [0.1, 0.15) is 40.0 Å². The molecule has 0 fully saturated rings. The molecule has 1 rings (SSSR count). The van der Waals surface area contributed by atoms with Gasteiger partial charge < -0.3 is 14.8 Å². The average molecular weight is 265 g/mol. The van der Waals surface area contributed by atoms with Crippen LogP contribution in [0.3, 0.4) is 0 Å². The van der Waals surface area contributed by atoms with Gasteiger partial charge in [0.15, 0.2) is 11.5 Å². The SMILES string of the molecule is CCCOc1ccccc1OCCCC(C)NCC. The van der Waals surface area contributed by atoms with Gasteiger partial charge >= 0.3 is 0 Å². The topological polar surface area (TPSA) is 30.5 Å². The first-order valence-corrected chi connectivity index (χ1v) is 7.35. The summed E-state index contributed by atoms with van der Waals surface area (Å²) in [5.74, 6) is 1.70. The molecule has 1 aromatic carbocycles. The molecule has 0 bridgehead atoms. The lowest BCUT2D eigenvalue weighted by Gasteiger charge is -2.14. The molecule has 3 nitrogen and oxygen atoms in total. The van der Waals surface area contributed by atoms with E-state index >= 15 is 0 Å². The lowest BCUT2D eigenvalue weighted by Crippen LogP contribution is -2.25. The Morgan fingerprint density at radius 2 is 1.68 bits per heavy atom. The molecule has 0 aliphatic carbocycles. The van der Waals surface area contributed by atoms with Crippen LogP contribution in [-0.4, -0.2) is 25.8 Å². The maximum Gasteiger partial charge on any atom is 0.161 e. The summed E-state index contributed by atoms with van der Waals surface area (Å²) < 4.78 is 11.5. The highest BCUT2D eigenvalue weighted by Crippen LogP contribution is 2.26. The van der Waals surface area contributed by atoms with Gasteiger partial charge in [0.2, 0.25) is 0 Å². The molecule has 0 aliphatic heterocycles. The highest BCUT2D eigenvalue weighted by atomic mass is 16.5. The van der Waals surface area contributed by atoms with Crippen LogP contribution in [0.5, 0.6) is 11.5 Å². The van der Waals surface area contributed by atoms with Gasteiger partial charge in [-0.25, -0.2) is 0 Å². The van der Waals surface area contributed by atoms with Crippen molar-refractivity contribution in [1.82, 2.24) is 5.32 Å². The van der Waals surface area contributed by atoms with E-state index in [1.165, 1.54) is 0 Å². The van der Waals surface area contributed by atoms with Gasteiger partial charge in [0.05, 0.1) is 13.2 Å². The number of para-hydroxylation sites is 2. The summed E-state index contributed by atoms with van der Waals surface area (Å²) in [5.41, 5.74) is 0. The van der Waals surface area contributed by atoms with E-state index in [0.717, 1.165) is 50.5 Å². The molecule has 1 N–H and O–H groups in total. The molecule has 0 aliphatic rings. The van der Waals surface area contributed by atoms with Gasteiger partial charge in [-0.05, 0) is 44.9 Å². The van der Waals surface area contributed by atoms with E-state index in [4.69, 9.17) is 9.47 Å². The van der Waals surface area contributed by atoms with Gasteiger partial charge in [-0.1, -0.05) is 26.0 Å². The number of benzene rings is 1. The minimum absolute atomic E-state index is 0.556. The molecule has 3 heteroatoms. The monoisotopic (exact) mass is 265 g/mol. The van der Waals surface area contributed by atoms with Crippen molar-refractivity contribution in [3.63, 3.8) is 0 Å². The van der Waals surface area contributed by atoms with Gasteiger partial charge in [0.1, 0.15) is 0 Å². The smallest absolute Gasteiger partial charge is 0.161 e. The number of hydrogen-bond donors (Lipinski definition) is 1. The Labute approximate surface area is 117 Å². The Balaban J connectivity index is 2.32. The molecule has 0 radical (unpaired) electrons. The Morgan fingerprint density at radius 3 is 2.26 bits per heavy atom. The third-order valence-corrected chi connectivity index (χ3v) is 2.90. The van der Waals surface area contributed by atoms with Gasteiger partial charge in [-0.3, -0.25) is 0 Å². The second-order valence-corrected chi connectivity index (χ2v) is 4.74. The van der Waals surface area contributed by atoms with Crippen molar-refractivity contribution < 1.29 is 9.47 Å². The third kappa shape index (κ3) is 6.48. The zero-order valence-electron chi connectivity index (χ0n) is 12.4. The molecule has 0 saturated heterocycles. The van der Waals surface area contributed by atoms with Crippen LogP contribution in [0.25, 0.3) is 0 Å². The van der Waals surface area contributed by atoms with E-state index in [9.17, 15) is 0 Å². The predicted molar refractivity (Wildman–Crippen MR) is 80.1 cm³/mol. The minimum atomic E-state index is 0.556. The van der Waals surface area contributed by atoms with Gasteiger partial charge in [-0.2, -0.15) is 0 Å². The van der Waals surface area contributed by atoms with Crippen molar-refractivity contribution >= 4 is 0 Å². The first kappa shape index (κ1) is 15.8. The summed E-state index contributed by atoms with van der Waals surface area (Å²) in [4.78, 5) is 0. The number of rotatable bonds is 10. The molecule has 0 saturated carbocycles. The normalized spacial score (nSPS) is 12.2. The highest BCUT2D eigenvalue weighted by molar-refractivity contribution is 5.39. The van der Waals surface area contributed by atoms with Crippen LogP contribution in [0.15, 0.2) is 24.3 Å². The van der Waals surface area contributed by atoms with E-state index in [-0.39, 0.29) is 0 Å². The molecule has 1 atom stereocenters. The van der Waals surface area contributed by atoms with Gasteiger partial charge in [0, 0.05) is 6.04 Å². The molecule has 108 valence electrons. The molecule has 0 spiro atoms. The predicted octanol–water partition coefficient (Wildman–Crippen LogP) is 3.63. The Hall–Kier alpha value is -1.22. The molecular formula is C16H27NO2. The zero-order valence-corrected chi connectivity index (χ0v) is 12.4. The van der Waals surface area contributed by atoms with Crippen molar-refractivity contribution in [1.29, 1.82) is 0 Å². The van der Waals surface area contributed by atoms with Crippen molar-refractivity contribution in [3.8, 4) is 11.5 Å². The first-order chi connectivity index (χ1) is 9.27. The van der Waals surface area contributed by atoms with Gasteiger partial charge in [-0.15, -0.1) is 0 Å². The molecule has 1 aromatic rings. The fraction of sp³-hybridized carbons (Fsp3) is 0.625. The fourth-order valence-electron chi connectivity index (χ4n) is 1.92. The quantitative estimate of drug-likeness (QED) is 0.655. The molecule has 1 unspecified atom stereocenters. The summed E-state index contributed by atoms with van der Waals surface area (Å²) in [5, 5.41) is 3.40. The lowest BCUT2D eigenvalue weighted by molar-refractivity contribution is 0.260. The van der Waals surface area contributed by atoms with E-state index in [1.54, 1.807) is 0 Å². The summed E-state index contributed by atoms with van der Waals surface area (Å²) in [6.45, 7) is 8.94. The maximum absolute atomic E-state index is 5.81. The Bertz CT molecular complexity index is 341. The molecule has 19 heavy (non-hydrogen) atoms. The Morgan fingerprint density at radius 1 is 1.05 bits per heavy atom. The van der Waals surface area contributed by atoms with Crippen molar-refractivity contribution in [2.24, 2.45) is 0 Å².